The third-order valence-electron chi connectivity index (χ3n) is 5.11. The van der Waals surface area contributed by atoms with E-state index in [1.165, 1.54) is 0 Å². The smallest absolute Gasteiger partial charge is 0.166 e. The molecule has 2 N–H and O–H groups in total. The van der Waals surface area contributed by atoms with Crippen molar-refractivity contribution in [1.29, 1.82) is 0 Å². The molecule has 5 rings (SSSR count). The van der Waals surface area contributed by atoms with Gasteiger partial charge in [-0.05, 0) is 35.9 Å². The number of anilines is 2. The zero-order chi connectivity index (χ0) is 20.5. The Kier molecular flexibility index (Phi) is 4.33. The molecular weight excluding hydrogens is 376 g/mol. The third-order valence-corrected chi connectivity index (χ3v) is 5.11. The van der Waals surface area contributed by atoms with Gasteiger partial charge in [0.05, 0.1) is 11.9 Å². The van der Waals surface area contributed by atoms with E-state index in [9.17, 15) is 4.79 Å². The lowest BCUT2D eigenvalue weighted by Crippen LogP contribution is -1.97. The number of H-pyrrole nitrogens is 1. The summed E-state index contributed by atoms with van der Waals surface area (Å²) in [5.74, 6) is 1.32. The first kappa shape index (κ1) is 17.8. The maximum atomic E-state index is 11.2. The fraction of sp³-hybridized carbons (Fsp3) is 0.0435. The molecule has 0 aliphatic carbocycles. The van der Waals surface area contributed by atoms with Gasteiger partial charge in [-0.3, -0.25) is 9.89 Å². The van der Waals surface area contributed by atoms with E-state index in [0.717, 1.165) is 39.6 Å². The summed E-state index contributed by atoms with van der Waals surface area (Å²) in [4.78, 5) is 20.3. The number of carbonyl (C=O) groups is 1. The average molecular weight is 394 g/mol. The number of aryl methyl sites for hydroxylation is 1. The zero-order valence-corrected chi connectivity index (χ0v) is 16.2. The van der Waals surface area contributed by atoms with Crippen LogP contribution in [0.25, 0.3) is 33.4 Å². The molecule has 146 valence electrons. The summed E-state index contributed by atoms with van der Waals surface area (Å²) in [7, 11) is 1.88. The van der Waals surface area contributed by atoms with E-state index < -0.39 is 0 Å². The highest BCUT2D eigenvalue weighted by Crippen LogP contribution is 2.26. The molecule has 0 aliphatic rings. The Hall–Kier alpha value is -4.26. The standard InChI is InChI=1S/C23H18N6O/c1-29-20(14-30)10-16-2-3-17(11-21(16)29)23-24-9-8-22(28-23)27-19-6-4-15(5-7-19)18-12-25-26-13-18/h2-14H,1H3,(H,25,26)(H,24,27,28). The molecule has 0 radical (unpaired) electrons. The van der Waals surface area contributed by atoms with Gasteiger partial charge in [0.25, 0.3) is 0 Å². The van der Waals surface area contributed by atoms with Crippen molar-refractivity contribution < 1.29 is 4.79 Å². The molecular formula is C23H18N6O. The summed E-state index contributed by atoms with van der Waals surface area (Å²) in [6.07, 6.45) is 6.25. The first-order valence-electron chi connectivity index (χ1n) is 9.45. The van der Waals surface area contributed by atoms with Crippen molar-refractivity contribution in [3.63, 3.8) is 0 Å². The monoisotopic (exact) mass is 394 g/mol. The van der Waals surface area contributed by atoms with Gasteiger partial charge in [0.15, 0.2) is 12.1 Å². The first-order valence-corrected chi connectivity index (χ1v) is 9.45. The topological polar surface area (TPSA) is 88.5 Å². The van der Waals surface area contributed by atoms with Gasteiger partial charge < -0.3 is 9.88 Å². The van der Waals surface area contributed by atoms with E-state index in [4.69, 9.17) is 0 Å². The summed E-state index contributed by atoms with van der Waals surface area (Å²) in [5.41, 5.74) is 5.55. The Labute approximate surface area is 172 Å². The van der Waals surface area contributed by atoms with E-state index in [-0.39, 0.29) is 0 Å². The van der Waals surface area contributed by atoms with Crippen LogP contribution in [-0.4, -0.2) is 31.0 Å². The number of carbonyl (C=O) groups excluding carboxylic acids is 1. The highest BCUT2D eigenvalue weighted by molar-refractivity contribution is 5.91. The molecule has 0 unspecified atom stereocenters. The highest BCUT2D eigenvalue weighted by atomic mass is 16.1. The van der Waals surface area contributed by atoms with E-state index in [1.807, 2.05) is 72.4 Å². The van der Waals surface area contributed by atoms with E-state index in [1.54, 1.807) is 12.4 Å². The second kappa shape index (κ2) is 7.29. The summed E-state index contributed by atoms with van der Waals surface area (Å²) >= 11 is 0. The van der Waals surface area contributed by atoms with E-state index >= 15 is 0 Å². The van der Waals surface area contributed by atoms with E-state index in [2.05, 4.69) is 25.5 Å². The van der Waals surface area contributed by atoms with Crippen LogP contribution in [0.4, 0.5) is 11.5 Å². The summed E-state index contributed by atoms with van der Waals surface area (Å²) < 4.78 is 1.87. The fourth-order valence-corrected chi connectivity index (χ4v) is 3.47. The minimum absolute atomic E-state index is 0.616. The van der Waals surface area contributed by atoms with Crippen molar-refractivity contribution in [3.8, 4) is 22.5 Å². The molecule has 2 aromatic carbocycles. The summed E-state index contributed by atoms with van der Waals surface area (Å²) in [5, 5.41) is 11.1. The molecule has 0 saturated carbocycles. The number of hydrogen-bond donors (Lipinski definition) is 2. The molecule has 7 nitrogen and oxygen atoms in total. The Morgan fingerprint density at radius 3 is 2.60 bits per heavy atom. The number of nitrogens with one attached hydrogen (secondary N) is 2. The predicted molar refractivity (Wildman–Crippen MR) is 117 cm³/mol. The number of aromatic amines is 1. The summed E-state index contributed by atoms with van der Waals surface area (Å²) in [6.45, 7) is 0. The minimum Gasteiger partial charge on any atom is -0.341 e. The maximum absolute atomic E-state index is 11.2. The van der Waals surface area contributed by atoms with Crippen LogP contribution in [0.5, 0.6) is 0 Å². The maximum Gasteiger partial charge on any atom is 0.166 e. The van der Waals surface area contributed by atoms with Crippen molar-refractivity contribution in [2.45, 2.75) is 0 Å². The second-order valence-electron chi connectivity index (χ2n) is 6.97. The molecule has 0 amide bonds. The number of aromatic nitrogens is 5. The number of hydrogen-bond acceptors (Lipinski definition) is 5. The van der Waals surface area contributed by atoms with Crippen molar-refractivity contribution in [1.82, 2.24) is 24.7 Å². The highest BCUT2D eigenvalue weighted by Gasteiger charge is 2.09. The van der Waals surface area contributed by atoms with Gasteiger partial charge in [0, 0.05) is 47.2 Å². The number of benzene rings is 2. The molecule has 0 bridgehead atoms. The molecule has 3 aromatic heterocycles. The zero-order valence-electron chi connectivity index (χ0n) is 16.2. The predicted octanol–water partition coefficient (Wildman–Crippen LogP) is 4.58. The second-order valence-corrected chi connectivity index (χ2v) is 6.97. The van der Waals surface area contributed by atoms with Gasteiger partial charge in [-0.15, -0.1) is 0 Å². The van der Waals surface area contributed by atoms with Gasteiger partial charge in [0.2, 0.25) is 0 Å². The lowest BCUT2D eigenvalue weighted by Gasteiger charge is -2.08. The van der Waals surface area contributed by atoms with Crippen molar-refractivity contribution in [3.05, 3.63) is 78.9 Å². The van der Waals surface area contributed by atoms with E-state index in [0.29, 0.717) is 17.3 Å². The first-order chi connectivity index (χ1) is 14.7. The summed E-state index contributed by atoms with van der Waals surface area (Å²) in [6, 6.07) is 17.7. The lowest BCUT2D eigenvalue weighted by molar-refractivity contribution is 0.111. The van der Waals surface area contributed by atoms with Crippen LogP contribution in [0.2, 0.25) is 0 Å². The molecule has 5 aromatic rings. The van der Waals surface area contributed by atoms with Gasteiger partial charge >= 0.3 is 0 Å². The number of rotatable bonds is 5. The molecule has 0 saturated heterocycles. The van der Waals surface area contributed by atoms with Gasteiger partial charge in [0.1, 0.15) is 5.82 Å². The molecule has 30 heavy (non-hydrogen) atoms. The molecule has 0 aliphatic heterocycles. The third kappa shape index (κ3) is 3.22. The van der Waals surface area contributed by atoms with Crippen LogP contribution >= 0.6 is 0 Å². The molecule has 7 heteroatoms. The van der Waals surface area contributed by atoms with Crippen LogP contribution in [0, 0.1) is 0 Å². The van der Waals surface area contributed by atoms with Crippen molar-refractivity contribution in [2.24, 2.45) is 7.05 Å². The van der Waals surface area contributed by atoms with Crippen molar-refractivity contribution in [2.75, 3.05) is 5.32 Å². The van der Waals surface area contributed by atoms with Gasteiger partial charge in [-0.25, -0.2) is 9.97 Å². The van der Waals surface area contributed by atoms with Crippen LogP contribution < -0.4 is 5.32 Å². The van der Waals surface area contributed by atoms with Crippen LogP contribution in [0.3, 0.4) is 0 Å². The Morgan fingerprint density at radius 1 is 1.00 bits per heavy atom. The normalized spacial score (nSPS) is 11.0. The van der Waals surface area contributed by atoms with Crippen LogP contribution in [0.15, 0.2) is 73.2 Å². The van der Waals surface area contributed by atoms with Crippen LogP contribution in [-0.2, 0) is 7.05 Å². The number of fused-ring (bicyclic) bond motifs is 1. The SMILES string of the molecule is Cn1c(C=O)cc2ccc(-c3nccc(Nc4ccc(-c5cn[nH]c5)cc4)n3)cc21. The van der Waals surface area contributed by atoms with Gasteiger partial charge in [-0.1, -0.05) is 24.3 Å². The Bertz CT molecular complexity index is 1340. The van der Waals surface area contributed by atoms with Crippen molar-refractivity contribution >= 4 is 28.7 Å². The molecule has 0 spiro atoms. The number of aldehydes is 1. The quantitative estimate of drug-likeness (QED) is 0.426. The fourth-order valence-electron chi connectivity index (χ4n) is 3.47. The lowest BCUT2D eigenvalue weighted by atomic mass is 10.1. The molecule has 0 atom stereocenters. The molecule has 0 fully saturated rings. The van der Waals surface area contributed by atoms with Crippen LogP contribution in [0.1, 0.15) is 10.5 Å². The largest absolute Gasteiger partial charge is 0.341 e. The van der Waals surface area contributed by atoms with Gasteiger partial charge in [-0.2, -0.15) is 5.10 Å². The minimum atomic E-state index is 0.616. The number of nitrogens with zero attached hydrogens (tertiary/aromatic N) is 4. The molecule has 3 heterocycles. The Balaban J connectivity index is 1.42. The Morgan fingerprint density at radius 2 is 1.83 bits per heavy atom. The average Bonchev–Trinajstić information content (AvgIpc) is 3.43.